The van der Waals surface area contributed by atoms with Crippen LogP contribution in [0.15, 0.2) is 48.7 Å². The molecule has 0 aliphatic carbocycles. The van der Waals surface area contributed by atoms with Crippen LogP contribution < -0.4 is 4.74 Å². The fraction of sp³-hybridized carbons (Fsp3) is 0.0588. The van der Waals surface area contributed by atoms with E-state index in [0.29, 0.717) is 28.3 Å². The average molecular weight is 301 g/mol. The molecule has 0 unspecified atom stereocenters. The Balaban J connectivity index is 1.99. The second-order valence-electron chi connectivity index (χ2n) is 4.74. The van der Waals surface area contributed by atoms with Crippen molar-refractivity contribution < 1.29 is 4.74 Å². The second-order valence-corrected chi connectivity index (χ2v) is 4.74. The highest BCUT2D eigenvalue weighted by Crippen LogP contribution is 2.25. The third-order valence-corrected chi connectivity index (χ3v) is 3.36. The first-order chi connectivity index (χ1) is 11.2. The molecular formula is C17H11N5O. The summed E-state index contributed by atoms with van der Waals surface area (Å²) in [6.07, 6.45) is 1.77. The summed E-state index contributed by atoms with van der Waals surface area (Å²) in [5.41, 5.74) is 3.34. The minimum atomic E-state index is 0.512. The van der Waals surface area contributed by atoms with E-state index >= 15 is 0 Å². The van der Waals surface area contributed by atoms with Crippen LogP contribution >= 0.6 is 0 Å². The lowest BCUT2D eigenvalue weighted by atomic mass is 10.1. The molecule has 0 fully saturated rings. The Labute approximate surface area is 132 Å². The maximum Gasteiger partial charge on any atom is 0.145 e. The highest BCUT2D eigenvalue weighted by molar-refractivity contribution is 5.60. The van der Waals surface area contributed by atoms with Gasteiger partial charge in [-0.15, -0.1) is 5.10 Å². The number of methoxy groups -OCH3 is 1. The van der Waals surface area contributed by atoms with Gasteiger partial charge in [-0.05, 0) is 24.3 Å². The summed E-state index contributed by atoms with van der Waals surface area (Å²) in [6, 6.07) is 16.4. The van der Waals surface area contributed by atoms with Crippen molar-refractivity contribution in [3.8, 4) is 34.8 Å². The van der Waals surface area contributed by atoms with Crippen molar-refractivity contribution >= 4 is 0 Å². The maximum absolute atomic E-state index is 8.95. The summed E-state index contributed by atoms with van der Waals surface area (Å²) in [5.74, 6) is 0.542. The molecule has 0 aliphatic heterocycles. The van der Waals surface area contributed by atoms with Crippen LogP contribution in [0.25, 0.3) is 16.9 Å². The van der Waals surface area contributed by atoms with Gasteiger partial charge in [-0.1, -0.05) is 17.3 Å². The van der Waals surface area contributed by atoms with E-state index in [0.717, 1.165) is 5.56 Å². The van der Waals surface area contributed by atoms with E-state index in [2.05, 4.69) is 22.5 Å². The molecule has 0 atom stereocenters. The predicted molar refractivity (Wildman–Crippen MR) is 82.8 cm³/mol. The molecule has 0 aliphatic rings. The molecule has 2 aromatic carbocycles. The van der Waals surface area contributed by atoms with E-state index in [9.17, 15) is 0 Å². The molecule has 1 aromatic heterocycles. The summed E-state index contributed by atoms with van der Waals surface area (Å²) in [6.45, 7) is 0. The summed E-state index contributed by atoms with van der Waals surface area (Å²) in [5, 5.41) is 26.0. The molecular weight excluding hydrogens is 290 g/mol. The van der Waals surface area contributed by atoms with Crippen LogP contribution in [0, 0.1) is 22.7 Å². The van der Waals surface area contributed by atoms with Crippen LogP contribution in [0.4, 0.5) is 0 Å². The van der Waals surface area contributed by atoms with Crippen LogP contribution in [0.5, 0.6) is 5.75 Å². The van der Waals surface area contributed by atoms with Crippen molar-refractivity contribution in [2.45, 2.75) is 0 Å². The Hall–Kier alpha value is -3.64. The molecule has 110 valence electrons. The zero-order valence-electron chi connectivity index (χ0n) is 12.3. The van der Waals surface area contributed by atoms with Crippen molar-refractivity contribution in [1.29, 1.82) is 10.5 Å². The number of hydrogen-bond donors (Lipinski definition) is 0. The average Bonchev–Trinajstić information content (AvgIpc) is 3.11. The monoisotopic (exact) mass is 301 g/mol. The molecule has 6 nitrogen and oxygen atoms in total. The summed E-state index contributed by atoms with van der Waals surface area (Å²) < 4.78 is 6.90. The van der Waals surface area contributed by atoms with Crippen molar-refractivity contribution in [3.63, 3.8) is 0 Å². The normalized spacial score (nSPS) is 9.87. The van der Waals surface area contributed by atoms with Gasteiger partial charge in [0.2, 0.25) is 0 Å². The highest BCUT2D eigenvalue weighted by Gasteiger charge is 2.10. The molecule has 0 saturated carbocycles. The third-order valence-electron chi connectivity index (χ3n) is 3.36. The smallest absolute Gasteiger partial charge is 0.145 e. The number of rotatable bonds is 3. The van der Waals surface area contributed by atoms with Crippen molar-refractivity contribution in [2.24, 2.45) is 0 Å². The van der Waals surface area contributed by atoms with E-state index in [4.69, 9.17) is 15.3 Å². The van der Waals surface area contributed by atoms with Crippen molar-refractivity contribution in [1.82, 2.24) is 15.0 Å². The van der Waals surface area contributed by atoms with E-state index in [1.165, 1.54) is 0 Å². The molecule has 0 radical (unpaired) electrons. The van der Waals surface area contributed by atoms with E-state index in [-0.39, 0.29) is 0 Å². The molecule has 23 heavy (non-hydrogen) atoms. The van der Waals surface area contributed by atoms with Gasteiger partial charge in [-0.25, -0.2) is 4.68 Å². The third kappa shape index (κ3) is 2.74. The zero-order valence-corrected chi connectivity index (χ0v) is 12.3. The number of nitrogens with zero attached hydrogens (tertiary/aromatic N) is 5. The Bertz CT molecular complexity index is 929. The number of ether oxygens (including phenoxy) is 1. The lowest BCUT2D eigenvalue weighted by Gasteiger charge is -2.07. The van der Waals surface area contributed by atoms with Gasteiger partial charge in [-0.2, -0.15) is 10.5 Å². The van der Waals surface area contributed by atoms with Gasteiger partial charge < -0.3 is 4.74 Å². The van der Waals surface area contributed by atoms with Crippen LogP contribution in [-0.2, 0) is 0 Å². The quantitative estimate of drug-likeness (QED) is 0.742. The molecule has 0 spiro atoms. The fourth-order valence-corrected chi connectivity index (χ4v) is 2.17. The molecule has 0 saturated heterocycles. The Kier molecular flexibility index (Phi) is 3.73. The van der Waals surface area contributed by atoms with Crippen LogP contribution in [0.3, 0.4) is 0 Å². The molecule has 3 aromatic rings. The fourth-order valence-electron chi connectivity index (χ4n) is 2.17. The van der Waals surface area contributed by atoms with Crippen LogP contribution in [0.2, 0.25) is 0 Å². The lowest BCUT2D eigenvalue weighted by molar-refractivity contribution is 0.411. The predicted octanol–water partition coefficient (Wildman–Crippen LogP) is 2.69. The molecule has 1 heterocycles. The SMILES string of the molecule is COc1cc(C#N)ccc1-n1cc(-c2ccc(C#N)cc2)nn1. The number of hydrogen-bond acceptors (Lipinski definition) is 5. The first-order valence-electron chi connectivity index (χ1n) is 6.76. The standard InChI is InChI=1S/C17H11N5O/c1-23-17-8-13(10-19)4-7-16(17)22-11-15(20-21-22)14-5-2-12(9-18)3-6-14/h2-8,11H,1H3. The van der Waals surface area contributed by atoms with E-state index in [1.807, 2.05) is 12.1 Å². The minimum absolute atomic E-state index is 0.512. The molecule has 6 heteroatoms. The van der Waals surface area contributed by atoms with Gasteiger partial charge >= 0.3 is 0 Å². The Morgan fingerprint density at radius 2 is 1.70 bits per heavy atom. The van der Waals surface area contributed by atoms with Crippen molar-refractivity contribution in [2.75, 3.05) is 7.11 Å². The second kappa shape index (κ2) is 6.00. The van der Waals surface area contributed by atoms with Crippen LogP contribution in [-0.4, -0.2) is 22.1 Å². The maximum atomic E-state index is 8.95. The Morgan fingerprint density at radius 3 is 2.35 bits per heavy atom. The van der Waals surface area contributed by atoms with Gasteiger partial charge in [0, 0.05) is 11.6 Å². The molecule has 3 rings (SSSR count). The summed E-state index contributed by atoms with van der Waals surface area (Å²) in [4.78, 5) is 0. The molecule has 0 bridgehead atoms. The number of benzene rings is 2. The highest BCUT2D eigenvalue weighted by atomic mass is 16.5. The molecule has 0 N–H and O–H groups in total. The first kappa shape index (κ1) is 14.3. The largest absolute Gasteiger partial charge is 0.494 e. The first-order valence-corrected chi connectivity index (χ1v) is 6.76. The molecule has 0 amide bonds. The summed E-state index contributed by atoms with van der Waals surface area (Å²) in [7, 11) is 1.54. The lowest BCUT2D eigenvalue weighted by Crippen LogP contribution is -1.99. The zero-order chi connectivity index (χ0) is 16.2. The topological polar surface area (TPSA) is 87.5 Å². The van der Waals surface area contributed by atoms with Gasteiger partial charge in [-0.3, -0.25) is 0 Å². The van der Waals surface area contributed by atoms with Gasteiger partial charge in [0.25, 0.3) is 0 Å². The minimum Gasteiger partial charge on any atom is -0.494 e. The van der Waals surface area contributed by atoms with Gasteiger partial charge in [0.15, 0.2) is 0 Å². The van der Waals surface area contributed by atoms with E-state index in [1.54, 1.807) is 48.3 Å². The number of aromatic nitrogens is 3. The number of nitriles is 2. The van der Waals surface area contributed by atoms with Crippen molar-refractivity contribution in [3.05, 3.63) is 59.8 Å². The summed E-state index contributed by atoms with van der Waals surface area (Å²) >= 11 is 0. The van der Waals surface area contributed by atoms with Gasteiger partial charge in [0.1, 0.15) is 17.1 Å². The van der Waals surface area contributed by atoms with E-state index < -0.39 is 0 Å². The Morgan fingerprint density at radius 1 is 1.00 bits per heavy atom. The van der Waals surface area contributed by atoms with Crippen LogP contribution in [0.1, 0.15) is 11.1 Å². The van der Waals surface area contributed by atoms with Gasteiger partial charge in [0.05, 0.1) is 36.6 Å².